The first-order valence-corrected chi connectivity index (χ1v) is 3.95. The lowest BCUT2D eigenvalue weighted by Gasteiger charge is -2.12. The molecule has 1 aromatic rings. The fraction of sp³-hybridized carbons (Fsp3) is 0.100. The summed E-state index contributed by atoms with van der Waals surface area (Å²) in [6.07, 6.45) is -3.63. The summed E-state index contributed by atoms with van der Waals surface area (Å²) >= 11 is 0. The predicted octanol–water partition coefficient (Wildman–Crippen LogP) is 2.76. The fourth-order valence-corrected chi connectivity index (χ4v) is 0.847. The first kappa shape index (κ1) is 11.3. The zero-order chi connectivity index (χ0) is 11.5. The topological polar surface area (TPSA) is 26.3 Å². The van der Waals surface area contributed by atoms with Gasteiger partial charge in [-0.1, -0.05) is 18.7 Å². The van der Waals surface area contributed by atoms with E-state index in [1.54, 1.807) is 0 Å². The third-order valence-corrected chi connectivity index (χ3v) is 1.56. The largest absolute Gasteiger partial charge is 0.421 e. The van der Waals surface area contributed by atoms with Crippen LogP contribution in [0.4, 0.5) is 13.2 Å². The molecule has 1 rings (SSSR count). The highest BCUT2D eigenvalue weighted by Crippen LogP contribution is 2.19. The number of carbonyl (C=O) groups excluding carboxylic acids is 1. The van der Waals surface area contributed by atoms with Crippen LogP contribution in [0, 0.1) is 5.82 Å². The third-order valence-electron chi connectivity index (χ3n) is 1.56. The molecule has 1 aromatic carbocycles. The molecule has 80 valence electrons. The number of esters is 1. The van der Waals surface area contributed by atoms with Crippen LogP contribution in [0.3, 0.4) is 0 Å². The summed E-state index contributed by atoms with van der Waals surface area (Å²) in [6.45, 7) is 2.78. The Kier molecular flexibility index (Phi) is 3.14. The van der Waals surface area contributed by atoms with Gasteiger partial charge in [0.25, 0.3) is 0 Å². The van der Waals surface area contributed by atoms with E-state index in [0.717, 1.165) is 12.1 Å². The monoisotopic (exact) mass is 216 g/mol. The van der Waals surface area contributed by atoms with Crippen molar-refractivity contribution in [2.75, 3.05) is 0 Å². The van der Waals surface area contributed by atoms with Crippen molar-refractivity contribution >= 4 is 5.97 Å². The lowest BCUT2D eigenvalue weighted by molar-refractivity contribution is -0.160. The highest BCUT2D eigenvalue weighted by atomic mass is 19.3. The van der Waals surface area contributed by atoms with E-state index >= 15 is 0 Å². The molecule has 0 N–H and O–H groups in total. The summed E-state index contributed by atoms with van der Waals surface area (Å²) in [5.41, 5.74) is -0.543. The quantitative estimate of drug-likeness (QED) is 0.573. The Hall–Kier alpha value is -1.78. The lowest BCUT2D eigenvalue weighted by atomic mass is 10.2. The Bertz CT molecular complexity index is 388. The van der Waals surface area contributed by atoms with Gasteiger partial charge in [-0.25, -0.2) is 9.18 Å². The minimum Gasteiger partial charge on any atom is -0.394 e. The molecule has 0 amide bonds. The van der Waals surface area contributed by atoms with Gasteiger partial charge < -0.3 is 4.74 Å². The second-order valence-corrected chi connectivity index (χ2v) is 2.64. The van der Waals surface area contributed by atoms with Crippen molar-refractivity contribution in [2.24, 2.45) is 0 Å². The molecular formula is C10H7F3O2. The minimum absolute atomic E-state index is 0.158. The molecule has 0 aliphatic carbocycles. The predicted molar refractivity (Wildman–Crippen MR) is 47.0 cm³/mol. The van der Waals surface area contributed by atoms with E-state index in [4.69, 9.17) is 0 Å². The van der Waals surface area contributed by atoms with Crippen molar-refractivity contribution in [3.63, 3.8) is 0 Å². The summed E-state index contributed by atoms with van der Waals surface area (Å²) in [7, 11) is 0. The molecule has 0 radical (unpaired) electrons. The number of alkyl halides is 2. The summed E-state index contributed by atoms with van der Waals surface area (Å²) in [6, 6.07) is 4.70. The maximum Gasteiger partial charge on any atom is 0.421 e. The zero-order valence-electron chi connectivity index (χ0n) is 7.54. The molecule has 0 fully saturated rings. The molecule has 5 heteroatoms. The number of benzene rings is 1. The van der Waals surface area contributed by atoms with Gasteiger partial charge >= 0.3 is 12.1 Å². The molecule has 0 saturated carbocycles. The van der Waals surface area contributed by atoms with Gasteiger partial charge in [0.15, 0.2) is 0 Å². The molecule has 0 atom stereocenters. The molecule has 0 heterocycles. The van der Waals surface area contributed by atoms with Crippen molar-refractivity contribution in [3.8, 4) is 0 Å². The maximum atomic E-state index is 12.9. The van der Waals surface area contributed by atoms with Gasteiger partial charge in [0, 0.05) is 6.08 Å². The van der Waals surface area contributed by atoms with E-state index in [2.05, 4.69) is 11.3 Å². The first-order valence-electron chi connectivity index (χ1n) is 3.95. The molecule has 0 aliphatic rings. The van der Waals surface area contributed by atoms with Crippen molar-refractivity contribution in [1.29, 1.82) is 0 Å². The Morgan fingerprint density at radius 2 is 2.00 bits per heavy atom. The Morgan fingerprint density at radius 3 is 2.53 bits per heavy atom. The van der Waals surface area contributed by atoms with Crippen LogP contribution in [0.5, 0.6) is 0 Å². The molecule has 0 spiro atoms. The fourth-order valence-electron chi connectivity index (χ4n) is 0.847. The number of halogens is 3. The van der Waals surface area contributed by atoms with Gasteiger partial charge in [-0.15, -0.1) is 0 Å². The third kappa shape index (κ3) is 2.83. The number of hydrogen-bond acceptors (Lipinski definition) is 2. The highest BCUT2D eigenvalue weighted by molar-refractivity contribution is 5.89. The molecule has 0 aliphatic heterocycles. The lowest BCUT2D eigenvalue weighted by Crippen LogP contribution is -2.22. The van der Waals surface area contributed by atoms with Crippen molar-refractivity contribution in [3.05, 3.63) is 48.3 Å². The van der Waals surface area contributed by atoms with Crippen LogP contribution in [0.15, 0.2) is 36.9 Å². The van der Waals surface area contributed by atoms with Crippen molar-refractivity contribution in [1.82, 2.24) is 0 Å². The van der Waals surface area contributed by atoms with Crippen molar-refractivity contribution in [2.45, 2.75) is 6.11 Å². The summed E-state index contributed by atoms with van der Waals surface area (Å²) in [5, 5.41) is 0. The number of carbonyl (C=O) groups is 1. The molecule has 0 saturated heterocycles. The summed E-state index contributed by atoms with van der Waals surface area (Å²) in [5.74, 6) is -2.35. The van der Waals surface area contributed by atoms with Crippen LogP contribution in [0.2, 0.25) is 0 Å². The first-order chi connectivity index (χ1) is 6.96. The normalized spacial score (nSPS) is 10.9. The molecular weight excluding hydrogens is 209 g/mol. The van der Waals surface area contributed by atoms with Crippen molar-refractivity contribution < 1.29 is 22.7 Å². The second kappa shape index (κ2) is 4.16. The summed E-state index contributed by atoms with van der Waals surface area (Å²) < 4.78 is 41.7. The standard InChI is InChI=1S/C10H7F3O2/c1-2-10(12,13)15-9(14)7-5-3-4-6-8(7)11/h2-6H,1H2. The average molecular weight is 216 g/mol. The van der Waals surface area contributed by atoms with E-state index in [1.165, 1.54) is 12.1 Å². The smallest absolute Gasteiger partial charge is 0.394 e. The molecule has 0 bridgehead atoms. The van der Waals surface area contributed by atoms with E-state index in [-0.39, 0.29) is 6.08 Å². The van der Waals surface area contributed by atoms with Crippen LogP contribution < -0.4 is 0 Å². The number of hydrogen-bond donors (Lipinski definition) is 0. The van der Waals surface area contributed by atoms with E-state index in [0.29, 0.717) is 0 Å². The Labute approximate surface area is 84.0 Å². The number of ether oxygens (including phenoxy) is 1. The van der Waals surface area contributed by atoms with E-state index < -0.39 is 23.5 Å². The second-order valence-electron chi connectivity index (χ2n) is 2.64. The molecule has 2 nitrogen and oxygen atoms in total. The average Bonchev–Trinajstić information content (AvgIpc) is 2.17. The van der Waals surface area contributed by atoms with Gasteiger partial charge in [0.2, 0.25) is 0 Å². The molecule has 0 aromatic heterocycles. The molecule has 0 unspecified atom stereocenters. The van der Waals surface area contributed by atoms with Crippen LogP contribution >= 0.6 is 0 Å². The van der Waals surface area contributed by atoms with Gasteiger partial charge in [-0.05, 0) is 12.1 Å². The maximum absolute atomic E-state index is 12.9. The van der Waals surface area contributed by atoms with Crippen LogP contribution in [0.25, 0.3) is 0 Å². The van der Waals surface area contributed by atoms with Gasteiger partial charge in [-0.2, -0.15) is 8.78 Å². The molecule has 15 heavy (non-hydrogen) atoms. The number of rotatable bonds is 3. The Morgan fingerprint density at radius 1 is 1.40 bits per heavy atom. The van der Waals surface area contributed by atoms with E-state index in [9.17, 15) is 18.0 Å². The highest BCUT2D eigenvalue weighted by Gasteiger charge is 2.30. The van der Waals surface area contributed by atoms with Crippen LogP contribution in [0.1, 0.15) is 10.4 Å². The summed E-state index contributed by atoms with van der Waals surface area (Å²) in [4.78, 5) is 11.1. The Balaban J connectivity index is 2.87. The SMILES string of the molecule is C=CC(F)(F)OC(=O)c1ccccc1F. The van der Waals surface area contributed by atoms with Crippen LogP contribution in [-0.2, 0) is 4.74 Å². The van der Waals surface area contributed by atoms with Gasteiger partial charge in [0.1, 0.15) is 5.82 Å². The van der Waals surface area contributed by atoms with Gasteiger partial charge in [0.05, 0.1) is 5.56 Å². The van der Waals surface area contributed by atoms with Gasteiger partial charge in [-0.3, -0.25) is 0 Å². The zero-order valence-corrected chi connectivity index (χ0v) is 7.54. The van der Waals surface area contributed by atoms with Crippen LogP contribution in [-0.4, -0.2) is 12.1 Å². The van der Waals surface area contributed by atoms with E-state index in [1.807, 2.05) is 0 Å². The minimum atomic E-state index is -3.79.